The average Bonchev–Trinajstić information content (AvgIpc) is 2.84. The molecule has 2 heterocycles. The van der Waals surface area contributed by atoms with Crippen LogP contribution in [0.1, 0.15) is 30.3 Å². The van der Waals surface area contributed by atoms with E-state index in [1.54, 1.807) is 6.20 Å². The molecule has 0 aliphatic carbocycles. The zero-order valence-electron chi connectivity index (χ0n) is 12.0. The number of rotatable bonds is 6. The van der Waals surface area contributed by atoms with E-state index in [4.69, 9.17) is 0 Å². The molecule has 0 aromatic carbocycles. The minimum absolute atomic E-state index is 0.0410. The van der Waals surface area contributed by atoms with E-state index < -0.39 is 0 Å². The van der Waals surface area contributed by atoms with E-state index in [1.165, 1.54) is 0 Å². The SMILES string of the molecule is CCn1cc(CCC(=O)NCc2ccccn2)c(C)n1. The number of carbonyl (C=O) groups is 1. The molecule has 2 aromatic rings. The van der Waals surface area contributed by atoms with Gasteiger partial charge in [0.15, 0.2) is 0 Å². The molecule has 0 saturated heterocycles. The van der Waals surface area contributed by atoms with Crippen molar-refractivity contribution in [2.45, 2.75) is 39.8 Å². The van der Waals surface area contributed by atoms with Crippen LogP contribution >= 0.6 is 0 Å². The highest BCUT2D eigenvalue weighted by Crippen LogP contribution is 2.08. The first-order valence-corrected chi connectivity index (χ1v) is 6.88. The smallest absolute Gasteiger partial charge is 0.220 e. The van der Waals surface area contributed by atoms with Gasteiger partial charge < -0.3 is 5.32 Å². The molecule has 0 atom stereocenters. The molecule has 0 radical (unpaired) electrons. The highest BCUT2D eigenvalue weighted by atomic mass is 16.1. The molecule has 20 heavy (non-hydrogen) atoms. The predicted molar refractivity (Wildman–Crippen MR) is 77.0 cm³/mol. The quantitative estimate of drug-likeness (QED) is 0.873. The van der Waals surface area contributed by atoms with Crippen LogP contribution in [0.5, 0.6) is 0 Å². The maximum Gasteiger partial charge on any atom is 0.220 e. The fourth-order valence-electron chi connectivity index (χ4n) is 1.99. The Morgan fingerprint density at radius 1 is 1.40 bits per heavy atom. The zero-order chi connectivity index (χ0) is 14.4. The van der Waals surface area contributed by atoms with Gasteiger partial charge in [0.1, 0.15) is 0 Å². The summed E-state index contributed by atoms with van der Waals surface area (Å²) < 4.78 is 1.90. The Bertz CT molecular complexity index is 563. The van der Waals surface area contributed by atoms with Gasteiger partial charge in [0.05, 0.1) is 17.9 Å². The number of nitrogens with one attached hydrogen (secondary N) is 1. The van der Waals surface area contributed by atoms with Crippen molar-refractivity contribution in [1.82, 2.24) is 20.1 Å². The summed E-state index contributed by atoms with van der Waals surface area (Å²) in [4.78, 5) is 16.0. The molecular weight excluding hydrogens is 252 g/mol. The van der Waals surface area contributed by atoms with Crippen LogP contribution in [0, 0.1) is 6.92 Å². The molecule has 5 nitrogen and oxygen atoms in total. The molecule has 0 bridgehead atoms. The second kappa shape index (κ2) is 6.84. The van der Waals surface area contributed by atoms with Gasteiger partial charge in [-0.05, 0) is 38.0 Å². The topological polar surface area (TPSA) is 59.8 Å². The van der Waals surface area contributed by atoms with Crippen molar-refractivity contribution in [3.63, 3.8) is 0 Å². The molecule has 1 N–H and O–H groups in total. The number of aromatic nitrogens is 3. The monoisotopic (exact) mass is 272 g/mol. The highest BCUT2D eigenvalue weighted by molar-refractivity contribution is 5.76. The van der Waals surface area contributed by atoms with Crippen LogP contribution in [0.3, 0.4) is 0 Å². The van der Waals surface area contributed by atoms with E-state index >= 15 is 0 Å². The summed E-state index contributed by atoms with van der Waals surface area (Å²) in [5, 5.41) is 7.26. The maximum absolute atomic E-state index is 11.8. The number of hydrogen-bond acceptors (Lipinski definition) is 3. The third-order valence-electron chi connectivity index (χ3n) is 3.19. The van der Waals surface area contributed by atoms with Crippen LogP contribution in [0.25, 0.3) is 0 Å². The van der Waals surface area contributed by atoms with Gasteiger partial charge >= 0.3 is 0 Å². The van der Waals surface area contributed by atoms with Crippen molar-refractivity contribution in [1.29, 1.82) is 0 Å². The first kappa shape index (κ1) is 14.2. The standard InChI is InChI=1S/C15H20N4O/c1-3-19-11-13(12(2)18-19)7-8-15(20)17-10-14-6-4-5-9-16-14/h4-6,9,11H,3,7-8,10H2,1-2H3,(H,17,20). The Kier molecular flexibility index (Phi) is 4.87. The number of carbonyl (C=O) groups excluding carboxylic acids is 1. The molecule has 2 aromatic heterocycles. The van der Waals surface area contributed by atoms with Crippen molar-refractivity contribution in [3.8, 4) is 0 Å². The van der Waals surface area contributed by atoms with Crippen molar-refractivity contribution >= 4 is 5.91 Å². The van der Waals surface area contributed by atoms with Gasteiger partial charge in [0, 0.05) is 25.4 Å². The Morgan fingerprint density at radius 2 is 2.25 bits per heavy atom. The minimum atomic E-state index is 0.0410. The molecule has 0 aliphatic heterocycles. The third-order valence-corrected chi connectivity index (χ3v) is 3.19. The van der Waals surface area contributed by atoms with Crippen LogP contribution in [0.4, 0.5) is 0 Å². The van der Waals surface area contributed by atoms with Crippen LogP contribution in [-0.4, -0.2) is 20.7 Å². The van der Waals surface area contributed by atoms with Crippen LogP contribution in [0.15, 0.2) is 30.6 Å². The molecule has 0 unspecified atom stereocenters. The summed E-state index contributed by atoms with van der Waals surface area (Å²) in [6, 6.07) is 5.67. The van der Waals surface area contributed by atoms with Crippen LogP contribution < -0.4 is 5.32 Å². The van der Waals surface area contributed by atoms with E-state index in [9.17, 15) is 4.79 Å². The second-order valence-corrected chi connectivity index (χ2v) is 4.69. The number of aryl methyl sites for hydroxylation is 3. The summed E-state index contributed by atoms with van der Waals surface area (Å²) in [7, 11) is 0. The predicted octanol–water partition coefficient (Wildman–Crippen LogP) is 1.86. The summed E-state index contributed by atoms with van der Waals surface area (Å²) >= 11 is 0. The van der Waals surface area contributed by atoms with Crippen molar-refractivity contribution in [2.24, 2.45) is 0 Å². The Morgan fingerprint density at radius 3 is 2.90 bits per heavy atom. The fraction of sp³-hybridized carbons (Fsp3) is 0.400. The van der Waals surface area contributed by atoms with Gasteiger partial charge in [-0.3, -0.25) is 14.5 Å². The molecule has 1 amide bonds. The lowest BCUT2D eigenvalue weighted by Gasteiger charge is -2.04. The lowest BCUT2D eigenvalue weighted by Crippen LogP contribution is -2.23. The van der Waals surface area contributed by atoms with E-state index in [2.05, 4.69) is 22.3 Å². The van der Waals surface area contributed by atoms with Crippen LogP contribution in [0.2, 0.25) is 0 Å². The molecule has 5 heteroatoms. The average molecular weight is 272 g/mol. The van der Waals surface area contributed by atoms with E-state index in [0.29, 0.717) is 13.0 Å². The molecule has 2 rings (SSSR count). The Labute approximate surface area is 119 Å². The van der Waals surface area contributed by atoms with Gasteiger partial charge in [-0.15, -0.1) is 0 Å². The molecule has 0 fully saturated rings. The van der Waals surface area contributed by atoms with E-state index in [0.717, 1.165) is 29.9 Å². The van der Waals surface area contributed by atoms with Crippen LogP contribution in [-0.2, 0) is 24.3 Å². The largest absolute Gasteiger partial charge is 0.350 e. The third kappa shape index (κ3) is 3.91. The summed E-state index contributed by atoms with van der Waals surface area (Å²) in [6.45, 7) is 5.36. The first-order valence-electron chi connectivity index (χ1n) is 6.88. The van der Waals surface area contributed by atoms with Gasteiger partial charge in [-0.1, -0.05) is 6.07 Å². The van der Waals surface area contributed by atoms with Crippen molar-refractivity contribution in [3.05, 3.63) is 47.5 Å². The van der Waals surface area contributed by atoms with E-state index in [1.807, 2.05) is 36.0 Å². The lowest BCUT2D eigenvalue weighted by molar-refractivity contribution is -0.121. The van der Waals surface area contributed by atoms with Gasteiger partial charge in [0.25, 0.3) is 0 Å². The summed E-state index contributed by atoms with van der Waals surface area (Å²) in [6.07, 6.45) is 4.94. The normalized spacial score (nSPS) is 10.5. The summed E-state index contributed by atoms with van der Waals surface area (Å²) in [5.74, 6) is 0.0410. The fourth-order valence-corrected chi connectivity index (χ4v) is 1.99. The number of pyridine rings is 1. The molecular formula is C15H20N4O. The number of amides is 1. The highest BCUT2D eigenvalue weighted by Gasteiger charge is 2.07. The zero-order valence-corrected chi connectivity index (χ0v) is 12.0. The van der Waals surface area contributed by atoms with Gasteiger partial charge in [0.2, 0.25) is 5.91 Å². The van der Waals surface area contributed by atoms with Gasteiger partial charge in [-0.25, -0.2) is 0 Å². The number of nitrogens with zero attached hydrogens (tertiary/aromatic N) is 3. The second-order valence-electron chi connectivity index (χ2n) is 4.69. The molecule has 106 valence electrons. The first-order chi connectivity index (χ1) is 9.69. The van der Waals surface area contributed by atoms with Crippen molar-refractivity contribution < 1.29 is 4.79 Å². The molecule has 0 aliphatic rings. The van der Waals surface area contributed by atoms with Gasteiger partial charge in [-0.2, -0.15) is 5.10 Å². The number of hydrogen-bond donors (Lipinski definition) is 1. The summed E-state index contributed by atoms with van der Waals surface area (Å²) in [5.41, 5.74) is 3.01. The Balaban J connectivity index is 1.79. The lowest BCUT2D eigenvalue weighted by atomic mass is 10.1. The maximum atomic E-state index is 11.8. The van der Waals surface area contributed by atoms with E-state index in [-0.39, 0.29) is 5.91 Å². The molecule has 0 saturated carbocycles. The Hall–Kier alpha value is -2.17. The minimum Gasteiger partial charge on any atom is -0.350 e. The molecule has 0 spiro atoms. The van der Waals surface area contributed by atoms with Crippen molar-refractivity contribution in [2.75, 3.05) is 0 Å².